The summed E-state index contributed by atoms with van der Waals surface area (Å²) >= 11 is 0. The topological polar surface area (TPSA) is 327 Å². The molecule has 560 valence electrons. The minimum atomic E-state index is -0.706. The standard InChI is InChI=1S/C62H111N3O29S2/c66-58(57-95-96-59-3-1-2-7-64-59)63-8-10-71-12-14-73-16-18-75-20-22-77-24-26-79-28-30-81-32-34-83-36-38-85-40-42-87-44-46-89-48-50-91-52-54-93-56-55-92-53-51-90-49-47-88-45-43-86-41-39-84-37-35-82-33-31-80-29-27-78-25-23-76-21-19-74-17-15-72-13-11-70-9-6-62(69)94-65-60(67)4-5-61(65)68/h1-3,7H,4-6,8-57H2,(H,63,66). The number of nitrogens with one attached hydrogen (secondary N) is 1. The third kappa shape index (κ3) is 65.6. The molecule has 0 unspecified atom stereocenters. The maximum Gasteiger partial charge on any atom is 0.335 e. The molecule has 1 aliphatic heterocycles. The smallest absolute Gasteiger partial charge is 0.335 e. The van der Waals surface area contributed by atoms with Gasteiger partial charge in [0.2, 0.25) is 5.91 Å². The van der Waals surface area contributed by atoms with Crippen LogP contribution in [0.1, 0.15) is 19.3 Å². The molecule has 0 radical (unpaired) electrons. The quantitative estimate of drug-likeness (QED) is 0.0546. The minimum absolute atomic E-state index is 0.0386. The average molecular weight is 1430 g/mol. The van der Waals surface area contributed by atoms with Gasteiger partial charge in [-0.05, 0) is 22.9 Å². The summed E-state index contributed by atoms with van der Waals surface area (Å²) in [6.07, 6.45) is 1.75. The van der Waals surface area contributed by atoms with Crippen molar-refractivity contribution in [3.8, 4) is 0 Å². The molecular formula is C62H111N3O29S2. The Morgan fingerprint density at radius 2 is 0.562 bits per heavy atom. The number of imide groups is 1. The largest absolute Gasteiger partial charge is 0.378 e. The monoisotopic (exact) mass is 1430 g/mol. The molecule has 2 rings (SSSR count). The zero-order valence-corrected chi connectivity index (χ0v) is 58.0. The van der Waals surface area contributed by atoms with Gasteiger partial charge in [0.1, 0.15) is 5.03 Å². The summed E-state index contributed by atoms with van der Waals surface area (Å²) in [5, 5.41) is 4.22. The Morgan fingerprint density at radius 3 is 0.792 bits per heavy atom. The molecule has 0 saturated carbocycles. The van der Waals surface area contributed by atoms with Gasteiger partial charge in [0.05, 0.1) is 329 Å². The molecule has 96 heavy (non-hydrogen) atoms. The van der Waals surface area contributed by atoms with E-state index in [1.165, 1.54) is 21.6 Å². The molecule has 1 fully saturated rings. The first-order chi connectivity index (χ1) is 47.6. The molecule has 1 aromatic rings. The summed E-state index contributed by atoms with van der Waals surface area (Å²) in [5.41, 5.74) is 0. The maximum atomic E-state index is 11.9. The summed E-state index contributed by atoms with van der Waals surface area (Å²) in [5.74, 6) is -1.43. The van der Waals surface area contributed by atoms with E-state index in [0.29, 0.717) is 321 Å². The van der Waals surface area contributed by atoms with E-state index in [1.54, 1.807) is 6.20 Å². The number of aromatic nitrogens is 1. The lowest BCUT2D eigenvalue weighted by Gasteiger charge is -2.12. The molecule has 1 aliphatic rings. The van der Waals surface area contributed by atoms with Gasteiger partial charge in [-0.2, -0.15) is 0 Å². The molecule has 32 nitrogen and oxygen atoms in total. The second-order valence-electron chi connectivity index (χ2n) is 19.4. The van der Waals surface area contributed by atoms with Crippen molar-refractivity contribution in [2.75, 3.05) is 329 Å². The molecule has 34 heteroatoms. The van der Waals surface area contributed by atoms with Crippen molar-refractivity contribution < 1.29 is 138 Å². The van der Waals surface area contributed by atoms with E-state index < -0.39 is 17.8 Å². The molecule has 0 spiro atoms. The number of hydrogen-bond donors (Lipinski definition) is 1. The molecule has 1 N–H and O–H groups in total. The van der Waals surface area contributed by atoms with Crippen LogP contribution in [0.4, 0.5) is 0 Å². The van der Waals surface area contributed by atoms with Crippen molar-refractivity contribution in [3.05, 3.63) is 24.4 Å². The summed E-state index contributed by atoms with van der Waals surface area (Å²) in [4.78, 5) is 55.5. The van der Waals surface area contributed by atoms with Crippen LogP contribution in [0.15, 0.2) is 29.4 Å². The lowest BCUT2D eigenvalue weighted by Crippen LogP contribution is -2.32. The molecule has 3 amide bonds. The number of carbonyl (C=O) groups excluding carboxylic acids is 4. The van der Waals surface area contributed by atoms with Gasteiger partial charge in [0.25, 0.3) is 11.8 Å². The summed E-state index contributed by atoms with van der Waals surface area (Å²) < 4.78 is 132. The Labute approximate surface area is 574 Å². The minimum Gasteiger partial charge on any atom is -0.378 e. The van der Waals surface area contributed by atoms with Crippen LogP contribution in [0, 0.1) is 0 Å². The van der Waals surface area contributed by atoms with Gasteiger partial charge in [0.15, 0.2) is 0 Å². The highest BCUT2D eigenvalue weighted by Crippen LogP contribution is 2.28. The molecule has 0 aromatic carbocycles. The lowest BCUT2D eigenvalue weighted by atomic mass is 10.4. The first-order valence-corrected chi connectivity index (χ1v) is 35.3. The zero-order chi connectivity index (χ0) is 68.3. The molecule has 1 aromatic heterocycles. The fraction of sp³-hybridized carbons (Fsp3) is 0.855. The zero-order valence-electron chi connectivity index (χ0n) is 56.3. The van der Waals surface area contributed by atoms with Crippen molar-refractivity contribution in [2.45, 2.75) is 24.3 Å². The molecule has 2 heterocycles. The van der Waals surface area contributed by atoms with Crippen LogP contribution in [-0.4, -0.2) is 363 Å². The summed E-state index contributed by atoms with van der Waals surface area (Å²) in [6.45, 7) is 21.9. The SMILES string of the molecule is O=C(CSSc1ccccn1)NCCOCCOCCOCCOCCOCCOCCOCCOCCOCCOCCOCCOCCOCCOCCOCCOCCOCCOCCOCCOCCOCCOCCOCCOCCC(=O)ON1C(=O)CCC1=O. The molecule has 0 atom stereocenters. The summed E-state index contributed by atoms with van der Waals surface area (Å²) in [6, 6.07) is 5.68. The van der Waals surface area contributed by atoms with Gasteiger partial charge >= 0.3 is 5.97 Å². The summed E-state index contributed by atoms with van der Waals surface area (Å²) in [7, 11) is 2.92. The van der Waals surface area contributed by atoms with Crippen LogP contribution in [0.5, 0.6) is 0 Å². The van der Waals surface area contributed by atoms with Crippen molar-refractivity contribution >= 4 is 45.3 Å². The Bertz CT molecular complexity index is 1830. The second kappa shape index (κ2) is 74.7. The number of rotatable bonds is 80. The van der Waals surface area contributed by atoms with Crippen LogP contribution >= 0.6 is 21.6 Å². The third-order valence-electron chi connectivity index (χ3n) is 11.7. The number of hydrogen-bond acceptors (Lipinski definition) is 32. The first-order valence-electron chi connectivity index (χ1n) is 33.0. The van der Waals surface area contributed by atoms with E-state index in [4.69, 9.17) is 119 Å². The second-order valence-corrected chi connectivity index (χ2v) is 21.7. The van der Waals surface area contributed by atoms with Crippen LogP contribution in [0.2, 0.25) is 0 Å². The fourth-order valence-corrected chi connectivity index (χ4v) is 8.76. The number of carbonyl (C=O) groups is 4. The van der Waals surface area contributed by atoms with Crippen molar-refractivity contribution in [2.24, 2.45) is 0 Å². The van der Waals surface area contributed by atoms with Gasteiger partial charge < -0.3 is 124 Å². The predicted octanol–water partition coefficient (Wildman–Crippen LogP) is 1.33. The predicted molar refractivity (Wildman–Crippen MR) is 347 cm³/mol. The van der Waals surface area contributed by atoms with E-state index in [0.717, 1.165) is 5.03 Å². The van der Waals surface area contributed by atoms with Crippen LogP contribution in [0.25, 0.3) is 0 Å². The highest BCUT2D eigenvalue weighted by molar-refractivity contribution is 8.76. The van der Waals surface area contributed by atoms with E-state index >= 15 is 0 Å². The van der Waals surface area contributed by atoms with Crippen molar-refractivity contribution in [1.82, 2.24) is 15.4 Å². The van der Waals surface area contributed by atoms with Gasteiger partial charge in [0, 0.05) is 25.6 Å². The van der Waals surface area contributed by atoms with Crippen molar-refractivity contribution in [3.63, 3.8) is 0 Å². The normalized spacial score (nSPS) is 12.5. The number of nitrogens with zero attached hydrogens (tertiary/aromatic N) is 2. The number of amides is 3. The van der Waals surface area contributed by atoms with Gasteiger partial charge in [-0.3, -0.25) is 14.4 Å². The van der Waals surface area contributed by atoms with E-state index in [2.05, 4.69) is 10.3 Å². The highest BCUT2D eigenvalue weighted by atomic mass is 33.1. The Hall–Kier alpha value is -3.03. The van der Waals surface area contributed by atoms with Gasteiger partial charge in [-0.15, -0.1) is 5.06 Å². The van der Waals surface area contributed by atoms with Gasteiger partial charge in [-0.1, -0.05) is 16.9 Å². The molecule has 0 aliphatic carbocycles. The first kappa shape index (κ1) is 89.1. The number of ether oxygens (including phenoxy) is 24. The Balaban J connectivity index is 1.09. The molecular weight excluding hydrogens is 1310 g/mol. The van der Waals surface area contributed by atoms with Crippen LogP contribution in [-0.2, 0) is 138 Å². The Morgan fingerprint density at radius 1 is 0.333 bits per heavy atom. The van der Waals surface area contributed by atoms with E-state index in [9.17, 15) is 19.2 Å². The number of hydroxylamine groups is 2. The molecule has 0 bridgehead atoms. The van der Waals surface area contributed by atoms with Crippen LogP contribution < -0.4 is 5.32 Å². The maximum absolute atomic E-state index is 11.9. The average Bonchev–Trinajstić information content (AvgIpc) is 3.13. The fourth-order valence-electron chi connectivity index (χ4n) is 6.97. The van der Waals surface area contributed by atoms with E-state index in [-0.39, 0.29) is 38.4 Å². The van der Waals surface area contributed by atoms with Crippen LogP contribution in [0.3, 0.4) is 0 Å². The highest BCUT2D eigenvalue weighted by Gasteiger charge is 2.32. The van der Waals surface area contributed by atoms with Gasteiger partial charge in [-0.25, -0.2) is 9.78 Å². The number of pyridine rings is 1. The lowest BCUT2D eigenvalue weighted by molar-refractivity contribution is -0.198. The van der Waals surface area contributed by atoms with E-state index in [1.807, 2.05) is 18.2 Å². The van der Waals surface area contributed by atoms with Crippen molar-refractivity contribution in [1.29, 1.82) is 0 Å². The Kier molecular flexibility index (Phi) is 69.3. The molecule has 1 saturated heterocycles. The third-order valence-corrected chi connectivity index (χ3v) is 13.9.